The quantitative estimate of drug-likeness (QED) is 0.323. The third-order valence-corrected chi connectivity index (χ3v) is 5.94. The predicted octanol–water partition coefficient (Wildman–Crippen LogP) is 5.76. The Morgan fingerprint density at radius 3 is 2.71 bits per heavy atom. The Balaban J connectivity index is 1.28. The Hall–Kier alpha value is -3.53. The van der Waals surface area contributed by atoms with Crippen LogP contribution in [0.1, 0.15) is 17.7 Å². The van der Waals surface area contributed by atoms with Gasteiger partial charge in [-0.2, -0.15) is 13.2 Å². The van der Waals surface area contributed by atoms with Crippen LogP contribution in [-0.4, -0.2) is 30.8 Å². The van der Waals surface area contributed by atoms with Crippen LogP contribution in [0.5, 0.6) is 11.5 Å². The summed E-state index contributed by atoms with van der Waals surface area (Å²) in [5.74, 6) is 1.24. The molecule has 0 saturated heterocycles. The number of amides is 1. The van der Waals surface area contributed by atoms with E-state index in [-0.39, 0.29) is 30.4 Å². The number of furan rings is 1. The molecule has 34 heavy (non-hydrogen) atoms. The van der Waals surface area contributed by atoms with Crippen molar-refractivity contribution in [2.75, 3.05) is 13.7 Å². The Morgan fingerprint density at radius 2 is 1.94 bits per heavy atom. The minimum Gasteiger partial charge on any atom is -0.493 e. The maximum absolute atomic E-state index is 12.4. The van der Waals surface area contributed by atoms with Gasteiger partial charge in [-0.05, 0) is 48.4 Å². The highest BCUT2D eigenvalue weighted by Crippen LogP contribution is 2.32. The van der Waals surface area contributed by atoms with Gasteiger partial charge in [-0.25, -0.2) is 4.98 Å². The normalized spacial score (nSPS) is 11.5. The van der Waals surface area contributed by atoms with Crippen LogP contribution < -0.4 is 14.8 Å². The first kappa shape index (κ1) is 23.6. The number of alkyl halides is 3. The molecule has 0 radical (unpaired) electrons. The molecular weight excluding hydrogens is 469 g/mol. The van der Waals surface area contributed by atoms with Crippen molar-refractivity contribution in [3.63, 3.8) is 0 Å². The molecule has 2 aromatic heterocycles. The fraction of sp³-hybridized carbons (Fsp3) is 0.250. The Bertz CT molecular complexity index is 1250. The monoisotopic (exact) mass is 490 g/mol. The van der Waals surface area contributed by atoms with E-state index in [1.54, 1.807) is 18.2 Å². The molecule has 2 aromatic carbocycles. The average Bonchev–Trinajstić information content (AvgIpc) is 3.46. The topological polar surface area (TPSA) is 73.6 Å². The number of ether oxygens (including phenoxy) is 2. The molecule has 4 aromatic rings. The van der Waals surface area contributed by atoms with Crippen molar-refractivity contribution in [2.24, 2.45) is 0 Å². The van der Waals surface area contributed by atoms with Crippen LogP contribution in [0.2, 0.25) is 0 Å². The number of carbonyl (C=O) groups excluding carboxylic acids is 1. The Kier molecular flexibility index (Phi) is 7.06. The lowest BCUT2D eigenvalue weighted by Gasteiger charge is -2.13. The largest absolute Gasteiger partial charge is 0.493 e. The molecule has 178 valence electrons. The molecule has 0 aliphatic heterocycles. The minimum absolute atomic E-state index is 0.00484. The van der Waals surface area contributed by atoms with Gasteiger partial charge in [0.1, 0.15) is 5.76 Å². The zero-order chi connectivity index (χ0) is 24.1. The summed E-state index contributed by atoms with van der Waals surface area (Å²) in [6, 6.07) is 16.0. The van der Waals surface area contributed by atoms with Crippen LogP contribution >= 0.6 is 11.3 Å². The number of rotatable bonds is 9. The van der Waals surface area contributed by atoms with Gasteiger partial charge in [0.05, 0.1) is 23.9 Å². The molecule has 1 amide bonds. The zero-order valence-corrected chi connectivity index (χ0v) is 19.0. The summed E-state index contributed by atoms with van der Waals surface area (Å²) in [4.78, 5) is 16.8. The van der Waals surface area contributed by atoms with Gasteiger partial charge in [0.25, 0.3) is 0 Å². The van der Waals surface area contributed by atoms with Crippen molar-refractivity contribution in [1.29, 1.82) is 0 Å². The first-order valence-corrected chi connectivity index (χ1v) is 11.2. The van der Waals surface area contributed by atoms with Crippen LogP contribution in [0.4, 0.5) is 13.2 Å². The molecule has 10 heteroatoms. The summed E-state index contributed by atoms with van der Waals surface area (Å²) in [5.41, 5.74) is 1.65. The number of benzene rings is 2. The van der Waals surface area contributed by atoms with Gasteiger partial charge in [0.2, 0.25) is 5.91 Å². The molecule has 0 saturated carbocycles. The molecular formula is C24H21F3N2O4S. The summed E-state index contributed by atoms with van der Waals surface area (Å²) in [5, 5.41) is 3.58. The first-order valence-electron chi connectivity index (χ1n) is 10.4. The van der Waals surface area contributed by atoms with Gasteiger partial charge < -0.3 is 19.2 Å². The Morgan fingerprint density at radius 1 is 1.12 bits per heavy atom. The van der Waals surface area contributed by atoms with Crippen LogP contribution in [0.3, 0.4) is 0 Å². The highest BCUT2D eigenvalue weighted by molar-refractivity contribution is 7.21. The minimum atomic E-state index is -4.44. The number of carbonyl (C=O) groups is 1. The summed E-state index contributed by atoms with van der Waals surface area (Å²) >= 11 is 1.53. The molecule has 0 bridgehead atoms. The molecule has 0 unspecified atom stereocenters. The van der Waals surface area contributed by atoms with E-state index in [4.69, 9.17) is 13.9 Å². The number of para-hydroxylation sites is 1. The number of aromatic nitrogens is 1. The third kappa shape index (κ3) is 6.07. The summed E-state index contributed by atoms with van der Waals surface area (Å²) in [6.45, 7) is -1.17. The van der Waals surface area contributed by atoms with E-state index in [1.165, 1.54) is 24.5 Å². The number of fused-ring (bicyclic) bond motifs is 1. The SMILES string of the molecule is COc1cc(CCC(=O)NCc2ccc(-c3nc4ccccc4s3)o2)ccc1OCC(F)(F)F. The van der Waals surface area contributed by atoms with Gasteiger partial charge in [0, 0.05) is 6.42 Å². The van der Waals surface area contributed by atoms with E-state index < -0.39 is 12.8 Å². The summed E-state index contributed by atoms with van der Waals surface area (Å²) < 4.78 is 53.9. The Labute approximate surface area is 197 Å². The molecule has 4 rings (SSSR count). The van der Waals surface area contributed by atoms with Crippen LogP contribution in [0, 0.1) is 0 Å². The number of aryl methyl sites for hydroxylation is 1. The third-order valence-electron chi connectivity index (χ3n) is 4.89. The smallest absolute Gasteiger partial charge is 0.422 e. The zero-order valence-electron chi connectivity index (χ0n) is 18.1. The van der Waals surface area contributed by atoms with Crippen molar-refractivity contribution in [3.8, 4) is 22.3 Å². The molecule has 0 aliphatic carbocycles. The van der Waals surface area contributed by atoms with Crippen molar-refractivity contribution < 1.29 is 31.9 Å². The molecule has 1 N–H and O–H groups in total. The van der Waals surface area contributed by atoms with E-state index in [0.29, 0.717) is 17.9 Å². The van der Waals surface area contributed by atoms with Crippen LogP contribution in [0.15, 0.2) is 59.0 Å². The molecule has 0 spiro atoms. The number of hydrogen-bond acceptors (Lipinski definition) is 6. The maximum Gasteiger partial charge on any atom is 0.422 e. The maximum atomic E-state index is 12.4. The predicted molar refractivity (Wildman–Crippen MR) is 122 cm³/mol. The molecule has 0 atom stereocenters. The number of hydrogen-bond donors (Lipinski definition) is 1. The van der Waals surface area contributed by atoms with Gasteiger partial charge >= 0.3 is 6.18 Å². The lowest BCUT2D eigenvalue weighted by molar-refractivity contribution is -0.153. The van der Waals surface area contributed by atoms with Gasteiger partial charge in [-0.1, -0.05) is 18.2 Å². The van der Waals surface area contributed by atoms with Crippen molar-refractivity contribution in [3.05, 3.63) is 65.9 Å². The molecule has 2 heterocycles. The highest BCUT2D eigenvalue weighted by Gasteiger charge is 2.29. The second-order valence-corrected chi connectivity index (χ2v) is 8.45. The van der Waals surface area contributed by atoms with E-state index in [2.05, 4.69) is 10.3 Å². The summed E-state index contributed by atoms with van der Waals surface area (Å²) in [6.07, 6.45) is -3.86. The van der Waals surface area contributed by atoms with Gasteiger partial charge in [-0.3, -0.25) is 4.79 Å². The lowest BCUT2D eigenvalue weighted by Crippen LogP contribution is -2.22. The van der Waals surface area contributed by atoms with Gasteiger partial charge in [0.15, 0.2) is 28.9 Å². The van der Waals surface area contributed by atoms with E-state index in [1.807, 2.05) is 30.3 Å². The van der Waals surface area contributed by atoms with E-state index >= 15 is 0 Å². The highest BCUT2D eigenvalue weighted by atomic mass is 32.1. The van der Waals surface area contributed by atoms with Crippen LogP contribution in [0.25, 0.3) is 21.0 Å². The number of nitrogens with zero attached hydrogens (tertiary/aromatic N) is 1. The van der Waals surface area contributed by atoms with Crippen molar-refractivity contribution >= 4 is 27.5 Å². The lowest BCUT2D eigenvalue weighted by atomic mass is 10.1. The summed E-state index contributed by atoms with van der Waals surface area (Å²) in [7, 11) is 1.35. The second kappa shape index (κ2) is 10.2. The number of methoxy groups -OCH3 is 1. The van der Waals surface area contributed by atoms with E-state index in [0.717, 1.165) is 20.8 Å². The fourth-order valence-corrected chi connectivity index (χ4v) is 4.17. The first-order chi connectivity index (χ1) is 16.3. The number of thiazole rings is 1. The molecule has 0 aliphatic rings. The second-order valence-electron chi connectivity index (χ2n) is 7.42. The number of nitrogens with one attached hydrogen (secondary N) is 1. The van der Waals surface area contributed by atoms with Crippen LogP contribution in [-0.2, 0) is 17.8 Å². The average molecular weight is 491 g/mol. The van der Waals surface area contributed by atoms with Gasteiger partial charge in [-0.15, -0.1) is 11.3 Å². The van der Waals surface area contributed by atoms with E-state index in [9.17, 15) is 18.0 Å². The van der Waals surface area contributed by atoms with Crippen molar-refractivity contribution in [2.45, 2.75) is 25.6 Å². The van der Waals surface area contributed by atoms with Crippen molar-refractivity contribution in [1.82, 2.24) is 10.3 Å². The standard InChI is InChI=1S/C24H21F3N2O4S/c1-31-20-12-15(6-9-18(20)32-14-24(25,26)27)7-11-22(30)28-13-16-8-10-19(33-16)23-29-17-4-2-3-5-21(17)34-23/h2-6,8-10,12H,7,11,13-14H2,1H3,(H,28,30). The number of halogens is 3. The molecule has 6 nitrogen and oxygen atoms in total. The molecule has 0 fully saturated rings. The fourth-order valence-electron chi connectivity index (χ4n) is 3.24.